The molecule has 0 aromatic heterocycles. The highest BCUT2D eigenvalue weighted by Crippen LogP contribution is 2.31. The van der Waals surface area contributed by atoms with E-state index < -0.39 is 12.5 Å². The first kappa shape index (κ1) is 13.6. The zero-order valence-electron chi connectivity index (χ0n) is 9.63. The van der Waals surface area contributed by atoms with E-state index in [1.54, 1.807) is 0 Å². The molecule has 0 aromatic rings. The van der Waals surface area contributed by atoms with Crippen molar-refractivity contribution in [3.05, 3.63) is 0 Å². The number of amides is 1. The molecule has 0 bridgehead atoms. The Morgan fingerprint density at radius 1 is 1.28 bits per heavy atom. The van der Waals surface area contributed by atoms with Gasteiger partial charge in [-0.05, 0) is 0 Å². The van der Waals surface area contributed by atoms with Crippen LogP contribution in [-0.4, -0.2) is 50.2 Å². The van der Waals surface area contributed by atoms with Gasteiger partial charge in [-0.3, -0.25) is 9.53 Å². The van der Waals surface area contributed by atoms with Crippen molar-refractivity contribution in [1.82, 2.24) is 10.6 Å². The summed E-state index contributed by atoms with van der Waals surface area (Å²) in [6.07, 6.45) is -5.39. The van der Waals surface area contributed by atoms with Crippen molar-refractivity contribution in [3.8, 4) is 0 Å². The molecular formula is C10H15F3N2O3. The van der Waals surface area contributed by atoms with Crippen LogP contribution in [0, 0.1) is 0 Å². The Bertz CT molecular complexity index is 301. The predicted molar refractivity (Wildman–Crippen MR) is 54.7 cm³/mol. The number of ether oxygens (including phenoxy) is 2. The Labute approximate surface area is 102 Å². The maximum Gasteiger partial charge on any atom is 0.522 e. The lowest BCUT2D eigenvalue weighted by atomic mass is 9.92. The molecule has 104 valence electrons. The quantitative estimate of drug-likeness (QED) is 0.745. The molecule has 0 atom stereocenters. The van der Waals surface area contributed by atoms with Gasteiger partial charge in [0.1, 0.15) is 6.61 Å². The summed E-state index contributed by atoms with van der Waals surface area (Å²) in [6, 6.07) is 0.142. The van der Waals surface area contributed by atoms with E-state index in [1.165, 1.54) is 0 Å². The van der Waals surface area contributed by atoms with Crippen LogP contribution in [0.5, 0.6) is 0 Å². The maximum absolute atomic E-state index is 11.8. The van der Waals surface area contributed by atoms with Crippen molar-refractivity contribution >= 4 is 5.91 Å². The molecule has 1 amide bonds. The Kier molecular flexibility index (Phi) is 4.08. The van der Waals surface area contributed by atoms with Crippen molar-refractivity contribution in [2.45, 2.75) is 37.5 Å². The minimum atomic E-state index is -4.59. The van der Waals surface area contributed by atoms with Crippen LogP contribution in [0.3, 0.4) is 0 Å². The normalized spacial score (nSPS) is 28.4. The lowest BCUT2D eigenvalue weighted by Gasteiger charge is -2.35. The van der Waals surface area contributed by atoms with E-state index >= 15 is 0 Å². The van der Waals surface area contributed by atoms with Crippen LogP contribution in [0.25, 0.3) is 0 Å². The standard InChI is InChI=1S/C10H15F3N2O3/c11-10(12,13)18-8-1-7(2-8)17-5-9(16)15-6-3-14-4-6/h6-8,14H,1-5H2,(H,15,16). The highest BCUT2D eigenvalue weighted by Gasteiger charge is 2.40. The van der Waals surface area contributed by atoms with Gasteiger partial charge in [0, 0.05) is 25.9 Å². The van der Waals surface area contributed by atoms with Crippen molar-refractivity contribution in [2.24, 2.45) is 0 Å². The first-order valence-electron chi connectivity index (χ1n) is 5.78. The maximum atomic E-state index is 11.8. The van der Waals surface area contributed by atoms with Crippen LogP contribution in [0.15, 0.2) is 0 Å². The van der Waals surface area contributed by atoms with Gasteiger partial charge in [0.2, 0.25) is 5.91 Å². The first-order chi connectivity index (χ1) is 8.42. The van der Waals surface area contributed by atoms with Gasteiger partial charge >= 0.3 is 6.36 Å². The molecule has 2 rings (SSSR count). The predicted octanol–water partition coefficient (Wildman–Crippen LogP) is 0.158. The zero-order chi connectivity index (χ0) is 13.2. The molecule has 2 N–H and O–H groups in total. The third kappa shape index (κ3) is 4.11. The van der Waals surface area contributed by atoms with Crippen LogP contribution >= 0.6 is 0 Å². The second-order valence-electron chi connectivity index (χ2n) is 4.51. The number of hydrogen-bond acceptors (Lipinski definition) is 4. The number of hydrogen-bond donors (Lipinski definition) is 2. The number of rotatable bonds is 5. The molecule has 1 saturated heterocycles. The molecule has 18 heavy (non-hydrogen) atoms. The Hall–Kier alpha value is -0.860. The lowest BCUT2D eigenvalue weighted by Crippen LogP contribution is -2.57. The summed E-state index contributed by atoms with van der Waals surface area (Å²) in [5.41, 5.74) is 0. The zero-order valence-corrected chi connectivity index (χ0v) is 9.63. The van der Waals surface area contributed by atoms with E-state index in [0.717, 1.165) is 13.1 Å². The fourth-order valence-electron chi connectivity index (χ4n) is 1.79. The molecular weight excluding hydrogens is 253 g/mol. The van der Waals surface area contributed by atoms with Gasteiger partial charge in [0.05, 0.1) is 18.2 Å². The van der Waals surface area contributed by atoms with E-state index in [9.17, 15) is 18.0 Å². The highest BCUT2D eigenvalue weighted by molar-refractivity contribution is 5.77. The van der Waals surface area contributed by atoms with Crippen LogP contribution < -0.4 is 10.6 Å². The third-order valence-electron chi connectivity index (χ3n) is 2.95. The Balaban J connectivity index is 1.52. The second kappa shape index (κ2) is 5.41. The molecule has 2 fully saturated rings. The molecule has 0 aromatic carbocycles. The van der Waals surface area contributed by atoms with E-state index in [2.05, 4.69) is 15.4 Å². The SMILES string of the molecule is O=C(COC1CC(OC(F)(F)F)C1)NC1CNC1. The van der Waals surface area contributed by atoms with Gasteiger partial charge in [0.15, 0.2) is 0 Å². The van der Waals surface area contributed by atoms with Crippen molar-refractivity contribution in [3.63, 3.8) is 0 Å². The molecule has 1 heterocycles. The monoisotopic (exact) mass is 268 g/mol. The summed E-state index contributed by atoms with van der Waals surface area (Å²) in [5, 5.41) is 5.73. The van der Waals surface area contributed by atoms with Gasteiger partial charge in [-0.1, -0.05) is 0 Å². The van der Waals surface area contributed by atoms with Gasteiger partial charge in [-0.25, -0.2) is 0 Å². The molecule has 8 heteroatoms. The fourth-order valence-corrected chi connectivity index (χ4v) is 1.79. The third-order valence-corrected chi connectivity index (χ3v) is 2.95. The number of nitrogens with one attached hydrogen (secondary N) is 2. The second-order valence-corrected chi connectivity index (χ2v) is 4.51. The summed E-state index contributed by atoms with van der Waals surface area (Å²) >= 11 is 0. The van der Waals surface area contributed by atoms with Crippen molar-refractivity contribution in [2.75, 3.05) is 19.7 Å². The van der Waals surface area contributed by atoms with Crippen LogP contribution in [0.2, 0.25) is 0 Å². The summed E-state index contributed by atoms with van der Waals surface area (Å²) in [5.74, 6) is -0.235. The van der Waals surface area contributed by atoms with E-state index in [1.807, 2.05) is 0 Å². The number of carbonyl (C=O) groups is 1. The summed E-state index contributed by atoms with van der Waals surface area (Å²) in [4.78, 5) is 11.3. The van der Waals surface area contributed by atoms with E-state index in [-0.39, 0.29) is 37.5 Å². The molecule has 1 aliphatic carbocycles. The van der Waals surface area contributed by atoms with Gasteiger partial charge < -0.3 is 15.4 Å². The number of alkyl halides is 3. The topological polar surface area (TPSA) is 59.6 Å². The molecule has 0 spiro atoms. The minimum absolute atomic E-state index is 0.111. The Morgan fingerprint density at radius 3 is 2.44 bits per heavy atom. The van der Waals surface area contributed by atoms with Gasteiger partial charge in [-0.15, -0.1) is 13.2 Å². The number of halogens is 3. The van der Waals surface area contributed by atoms with Gasteiger partial charge in [0.25, 0.3) is 0 Å². The highest BCUT2D eigenvalue weighted by atomic mass is 19.4. The molecule has 1 aliphatic heterocycles. The van der Waals surface area contributed by atoms with Crippen molar-refractivity contribution in [1.29, 1.82) is 0 Å². The van der Waals surface area contributed by atoms with Crippen LogP contribution in [-0.2, 0) is 14.3 Å². The molecule has 2 aliphatic rings. The molecule has 1 saturated carbocycles. The first-order valence-corrected chi connectivity index (χ1v) is 5.78. The van der Waals surface area contributed by atoms with E-state index in [0.29, 0.717) is 0 Å². The van der Waals surface area contributed by atoms with E-state index in [4.69, 9.17) is 4.74 Å². The summed E-state index contributed by atoms with van der Waals surface area (Å²) in [7, 11) is 0. The largest absolute Gasteiger partial charge is 0.522 e. The summed E-state index contributed by atoms with van der Waals surface area (Å²) < 4.78 is 44.5. The Morgan fingerprint density at radius 2 is 1.94 bits per heavy atom. The minimum Gasteiger partial charge on any atom is -0.368 e. The molecule has 0 unspecified atom stereocenters. The van der Waals surface area contributed by atoms with Gasteiger partial charge in [-0.2, -0.15) is 0 Å². The van der Waals surface area contributed by atoms with Crippen molar-refractivity contribution < 1.29 is 27.4 Å². The average Bonchev–Trinajstić information content (AvgIpc) is 2.13. The van der Waals surface area contributed by atoms with Crippen LogP contribution in [0.1, 0.15) is 12.8 Å². The average molecular weight is 268 g/mol. The smallest absolute Gasteiger partial charge is 0.368 e. The molecule has 5 nitrogen and oxygen atoms in total. The molecule has 0 radical (unpaired) electrons. The van der Waals surface area contributed by atoms with Crippen LogP contribution in [0.4, 0.5) is 13.2 Å². The number of carbonyl (C=O) groups excluding carboxylic acids is 1. The lowest BCUT2D eigenvalue weighted by molar-refractivity contribution is -0.357. The fraction of sp³-hybridized carbons (Fsp3) is 0.900. The summed E-state index contributed by atoms with van der Waals surface area (Å²) in [6.45, 7) is 1.38.